The van der Waals surface area contributed by atoms with Gasteiger partial charge in [0.15, 0.2) is 0 Å². The maximum atomic E-state index is 13.2. The van der Waals surface area contributed by atoms with E-state index >= 15 is 0 Å². The molecular weight excluding hydrogens is 319 g/mol. The fraction of sp³-hybridized carbons (Fsp3) is 0.350. The van der Waals surface area contributed by atoms with E-state index in [1.54, 1.807) is 18.2 Å². The van der Waals surface area contributed by atoms with Crippen molar-refractivity contribution in [1.29, 1.82) is 0 Å². The maximum Gasteiger partial charge on any atom is 0.228 e. The van der Waals surface area contributed by atoms with E-state index in [1.165, 1.54) is 12.1 Å². The van der Waals surface area contributed by atoms with Gasteiger partial charge in [-0.1, -0.05) is 38.1 Å². The first-order chi connectivity index (χ1) is 12.1. The Labute approximate surface area is 148 Å². The smallest absolute Gasteiger partial charge is 0.228 e. The number of hydrogen-bond donors (Lipinski definition) is 1. The van der Waals surface area contributed by atoms with Crippen LogP contribution in [0.15, 0.2) is 48.5 Å². The molecule has 1 N–H and O–H groups in total. The van der Waals surface area contributed by atoms with Crippen LogP contribution in [0.5, 0.6) is 5.75 Å². The van der Waals surface area contributed by atoms with Crippen molar-refractivity contribution in [2.45, 2.75) is 20.3 Å². The second kappa shape index (κ2) is 9.79. The quantitative estimate of drug-likeness (QED) is 0.754. The van der Waals surface area contributed by atoms with Crippen molar-refractivity contribution in [2.75, 3.05) is 31.6 Å². The molecule has 0 fully saturated rings. The second-order valence-corrected chi connectivity index (χ2v) is 5.73. The van der Waals surface area contributed by atoms with Gasteiger partial charge >= 0.3 is 0 Å². The Kier molecular flexibility index (Phi) is 7.41. The largest absolute Gasteiger partial charge is 0.490 e. The lowest BCUT2D eigenvalue weighted by Crippen LogP contribution is -2.28. The van der Waals surface area contributed by atoms with Gasteiger partial charge in [0, 0.05) is 6.54 Å². The molecule has 25 heavy (non-hydrogen) atoms. The van der Waals surface area contributed by atoms with Crippen molar-refractivity contribution in [3.8, 4) is 5.75 Å². The van der Waals surface area contributed by atoms with Crippen LogP contribution in [0.4, 0.5) is 10.1 Å². The summed E-state index contributed by atoms with van der Waals surface area (Å²) in [6, 6.07) is 13.4. The summed E-state index contributed by atoms with van der Waals surface area (Å²) >= 11 is 0. The minimum Gasteiger partial charge on any atom is -0.490 e. The van der Waals surface area contributed by atoms with Crippen LogP contribution in [-0.2, 0) is 11.2 Å². The van der Waals surface area contributed by atoms with Crippen LogP contribution in [0, 0.1) is 5.82 Å². The number of amides is 1. The molecule has 0 bridgehead atoms. The molecule has 0 saturated heterocycles. The number of benzene rings is 2. The highest BCUT2D eigenvalue weighted by molar-refractivity contribution is 5.93. The van der Waals surface area contributed by atoms with Gasteiger partial charge in [0.25, 0.3) is 0 Å². The third kappa shape index (κ3) is 6.19. The topological polar surface area (TPSA) is 41.6 Å². The second-order valence-electron chi connectivity index (χ2n) is 5.73. The number of carbonyl (C=O) groups excluding carboxylic acids is 1. The highest BCUT2D eigenvalue weighted by Gasteiger charge is 2.09. The molecule has 0 saturated carbocycles. The molecule has 0 unspecified atom stereocenters. The van der Waals surface area contributed by atoms with Crippen LogP contribution >= 0.6 is 0 Å². The highest BCUT2D eigenvalue weighted by Crippen LogP contribution is 2.24. The van der Waals surface area contributed by atoms with Crippen LogP contribution in [0.2, 0.25) is 0 Å². The predicted octanol–water partition coefficient (Wildman–Crippen LogP) is 3.73. The molecule has 0 heterocycles. The van der Waals surface area contributed by atoms with Crippen LogP contribution in [0.25, 0.3) is 0 Å². The summed E-state index contributed by atoms with van der Waals surface area (Å²) in [5.74, 6) is 0.0954. The van der Waals surface area contributed by atoms with Crippen LogP contribution in [0.1, 0.15) is 19.4 Å². The number of likely N-dealkylation sites (N-methyl/N-ethyl adjacent to an activating group) is 1. The Morgan fingerprint density at radius 1 is 1.12 bits per heavy atom. The van der Waals surface area contributed by atoms with Crippen LogP contribution in [0.3, 0.4) is 0 Å². The predicted molar refractivity (Wildman–Crippen MR) is 98.5 cm³/mol. The van der Waals surface area contributed by atoms with Crippen LogP contribution < -0.4 is 10.1 Å². The zero-order valence-electron chi connectivity index (χ0n) is 14.8. The number of rotatable bonds is 9. The van der Waals surface area contributed by atoms with Crippen molar-refractivity contribution in [3.63, 3.8) is 0 Å². The molecule has 0 radical (unpaired) electrons. The molecule has 0 aromatic heterocycles. The van der Waals surface area contributed by atoms with Crippen molar-refractivity contribution in [2.24, 2.45) is 0 Å². The van der Waals surface area contributed by atoms with E-state index in [9.17, 15) is 9.18 Å². The van der Waals surface area contributed by atoms with Gasteiger partial charge in [0.05, 0.1) is 12.1 Å². The molecule has 2 aromatic carbocycles. The van der Waals surface area contributed by atoms with Gasteiger partial charge in [-0.3, -0.25) is 4.79 Å². The minimum atomic E-state index is -0.342. The fourth-order valence-electron chi connectivity index (χ4n) is 2.55. The Hall–Kier alpha value is -2.40. The summed E-state index contributed by atoms with van der Waals surface area (Å²) in [6.45, 7) is 7.57. The summed E-state index contributed by atoms with van der Waals surface area (Å²) in [6.07, 6.45) is 0.117. The van der Waals surface area contributed by atoms with E-state index in [0.717, 1.165) is 19.6 Å². The molecular formula is C20H25FN2O2. The molecule has 2 rings (SSSR count). The zero-order valence-corrected chi connectivity index (χ0v) is 14.8. The Bertz CT molecular complexity index is 687. The van der Waals surface area contributed by atoms with Gasteiger partial charge in [-0.2, -0.15) is 0 Å². The minimum absolute atomic E-state index is 0.117. The van der Waals surface area contributed by atoms with Gasteiger partial charge < -0.3 is 15.0 Å². The van der Waals surface area contributed by atoms with E-state index in [-0.39, 0.29) is 18.1 Å². The first-order valence-corrected chi connectivity index (χ1v) is 8.60. The molecule has 4 nitrogen and oxygen atoms in total. The summed E-state index contributed by atoms with van der Waals surface area (Å²) in [4.78, 5) is 14.5. The molecule has 5 heteroatoms. The number of nitrogens with zero attached hydrogens (tertiary/aromatic N) is 1. The van der Waals surface area contributed by atoms with E-state index in [2.05, 4.69) is 24.1 Å². The van der Waals surface area contributed by atoms with Gasteiger partial charge in [0.2, 0.25) is 5.91 Å². The fourth-order valence-corrected chi connectivity index (χ4v) is 2.55. The lowest BCUT2D eigenvalue weighted by atomic mass is 10.1. The van der Waals surface area contributed by atoms with Gasteiger partial charge in [-0.15, -0.1) is 0 Å². The number of para-hydroxylation sites is 2. The summed E-state index contributed by atoms with van der Waals surface area (Å²) in [5.41, 5.74) is 1.26. The van der Waals surface area contributed by atoms with Crippen LogP contribution in [-0.4, -0.2) is 37.0 Å². The third-order valence-electron chi connectivity index (χ3n) is 3.97. The third-order valence-corrected chi connectivity index (χ3v) is 3.97. The van der Waals surface area contributed by atoms with E-state index in [1.807, 2.05) is 18.2 Å². The van der Waals surface area contributed by atoms with Crippen molar-refractivity contribution in [3.05, 3.63) is 59.9 Å². The Balaban J connectivity index is 1.94. The first-order valence-electron chi connectivity index (χ1n) is 8.60. The van der Waals surface area contributed by atoms with Gasteiger partial charge in [-0.25, -0.2) is 4.39 Å². The molecule has 1 amide bonds. The monoisotopic (exact) mass is 344 g/mol. The van der Waals surface area contributed by atoms with E-state index in [0.29, 0.717) is 23.6 Å². The molecule has 0 atom stereocenters. The normalized spacial score (nSPS) is 10.7. The number of hydrogen-bond acceptors (Lipinski definition) is 3. The van der Waals surface area contributed by atoms with Gasteiger partial charge in [0.1, 0.15) is 18.2 Å². The average Bonchev–Trinajstić information content (AvgIpc) is 2.60. The Morgan fingerprint density at radius 3 is 2.60 bits per heavy atom. The standard InChI is InChI=1S/C20H25FN2O2/c1-3-23(4-2)12-13-25-19-11-6-5-10-18(19)22-20(24)15-16-8-7-9-17(21)14-16/h5-11,14H,3-4,12-13,15H2,1-2H3,(H,22,24). The maximum absolute atomic E-state index is 13.2. The van der Waals surface area contributed by atoms with E-state index < -0.39 is 0 Å². The Morgan fingerprint density at radius 2 is 1.88 bits per heavy atom. The highest BCUT2D eigenvalue weighted by atomic mass is 19.1. The number of ether oxygens (including phenoxy) is 1. The first kappa shape index (κ1) is 18.9. The average molecular weight is 344 g/mol. The summed E-state index contributed by atoms with van der Waals surface area (Å²) in [5, 5.41) is 2.84. The zero-order chi connectivity index (χ0) is 18.1. The molecule has 0 spiro atoms. The van der Waals surface area contributed by atoms with Gasteiger partial charge in [-0.05, 0) is 42.9 Å². The van der Waals surface area contributed by atoms with Crippen molar-refractivity contribution >= 4 is 11.6 Å². The molecule has 0 aliphatic heterocycles. The number of carbonyl (C=O) groups is 1. The lowest BCUT2D eigenvalue weighted by Gasteiger charge is -2.19. The summed E-state index contributed by atoms with van der Waals surface area (Å²) < 4.78 is 19.0. The lowest BCUT2D eigenvalue weighted by molar-refractivity contribution is -0.115. The summed E-state index contributed by atoms with van der Waals surface area (Å²) in [7, 11) is 0. The van der Waals surface area contributed by atoms with E-state index in [4.69, 9.17) is 4.74 Å². The number of anilines is 1. The SMILES string of the molecule is CCN(CC)CCOc1ccccc1NC(=O)Cc1cccc(F)c1. The molecule has 2 aromatic rings. The molecule has 134 valence electrons. The number of nitrogens with one attached hydrogen (secondary N) is 1. The van der Waals surface area contributed by atoms with Crippen molar-refractivity contribution < 1.29 is 13.9 Å². The number of halogens is 1. The van der Waals surface area contributed by atoms with Crippen molar-refractivity contribution in [1.82, 2.24) is 4.90 Å². The molecule has 0 aliphatic rings. The molecule has 0 aliphatic carbocycles.